The fraction of sp³-hybridized carbons (Fsp3) is 0.258. The summed E-state index contributed by atoms with van der Waals surface area (Å²) in [5.41, 5.74) is 1.70. The first-order valence-electron chi connectivity index (χ1n) is 12.8. The highest BCUT2D eigenvalue weighted by atomic mass is 16.5. The first kappa shape index (κ1) is 25.9. The van der Waals surface area contributed by atoms with Crippen LogP contribution in [0.25, 0.3) is 10.8 Å². The zero-order chi connectivity index (χ0) is 26.0. The van der Waals surface area contributed by atoms with Gasteiger partial charge in [0.05, 0.1) is 12.6 Å². The Bertz CT molecular complexity index is 1350. The monoisotopic (exact) mass is 495 g/mol. The van der Waals surface area contributed by atoms with Gasteiger partial charge in [0.2, 0.25) is 0 Å². The third-order valence-electron chi connectivity index (χ3n) is 6.23. The van der Waals surface area contributed by atoms with Gasteiger partial charge in [-0.15, -0.1) is 0 Å². The number of nitrogens with one attached hydrogen (secondary N) is 2. The quantitative estimate of drug-likeness (QED) is 0.221. The Morgan fingerprint density at radius 1 is 0.838 bits per heavy atom. The lowest BCUT2D eigenvalue weighted by molar-refractivity contribution is 0.0939. The van der Waals surface area contributed by atoms with Gasteiger partial charge in [-0.2, -0.15) is 0 Å². The molecule has 0 saturated carbocycles. The smallest absolute Gasteiger partial charge is 0.256 e. The number of anilines is 1. The van der Waals surface area contributed by atoms with E-state index in [9.17, 15) is 9.59 Å². The fourth-order valence-corrected chi connectivity index (χ4v) is 4.13. The third-order valence-corrected chi connectivity index (χ3v) is 6.23. The molecule has 0 aliphatic rings. The van der Waals surface area contributed by atoms with E-state index in [1.165, 1.54) is 0 Å². The van der Waals surface area contributed by atoms with Crippen molar-refractivity contribution >= 4 is 28.4 Å². The molecule has 1 atom stereocenters. The minimum absolute atomic E-state index is 0.221. The molecular formula is C31H33N3O3. The number of pyridine rings is 1. The van der Waals surface area contributed by atoms with Crippen LogP contribution in [0.4, 0.5) is 5.82 Å². The largest absolute Gasteiger partial charge is 0.494 e. The van der Waals surface area contributed by atoms with Crippen molar-refractivity contribution in [1.82, 2.24) is 10.3 Å². The van der Waals surface area contributed by atoms with E-state index in [2.05, 4.69) is 46.8 Å². The van der Waals surface area contributed by atoms with E-state index in [1.807, 2.05) is 25.1 Å². The second kappa shape index (κ2) is 12.7. The molecule has 0 bridgehead atoms. The van der Waals surface area contributed by atoms with Crippen molar-refractivity contribution in [1.29, 1.82) is 0 Å². The number of nitrogens with zero attached hydrogens (tertiary/aromatic N) is 1. The number of carbonyl (C=O) groups is 2. The third kappa shape index (κ3) is 7.17. The number of amides is 2. The molecule has 4 rings (SSSR count). The summed E-state index contributed by atoms with van der Waals surface area (Å²) < 4.78 is 5.95. The maximum absolute atomic E-state index is 13.3. The summed E-state index contributed by atoms with van der Waals surface area (Å²) >= 11 is 0. The highest BCUT2D eigenvalue weighted by Gasteiger charge is 2.17. The SMILES string of the molecule is CCCCCCOc1cc(C(=O)Nc2ccccn2)cc(C(=O)N[C@H](C)c2ccc3ccccc3c2)c1. The molecule has 2 N–H and O–H groups in total. The first-order valence-corrected chi connectivity index (χ1v) is 12.8. The maximum Gasteiger partial charge on any atom is 0.256 e. The molecule has 0 aliphatic heterocycles. The Kier molecular flexibility index (Phi) is 8.87. The number of hydrogen-bond donors (Lipinski definition) is 2. The number of ether oxygens (including phenoxy) is 1. The van der Waals surface area contributed by atoms with Gasteiger partial charge >= 0.3 is 0 Å². The normalized spacial score (nSPS) is 11.6. The molecule has 1 heterocycles. The minimum atomic E-state index is -0.355. The molecule has 0 unspecified atom stereocenters. The van der Waals surface area contributed by atoms with E-state index in [-0.39, 0.29) is 17.9 Å². The summed E-state index contributed by atoms with van der Waals surface area (Å²) in [6.07, 6.45) is 5.89. The van der Waals surface area contributed by atoms with Crippen LogP contribution in [0.3, 0.4) is 0 Å². The summed E-state index contributed by atoms with van der Waals surface area (Å²) in [4.78, 5) is 30.4. The summed E-state index contributed by atoms with van der Waals surface area (Å²) in [6.45, 7) is 4.64. The molecule has 0 saturated heterocycles. The van der Waals surface area contributed by atoms with Crippen LogP contribution in [-0.2, 0) is 0 Å². The fourth-order valence-electron chi connectivity index (χ4n) is 4.13. The number of rotatable bonds is 11. The van der Waals surface area contributed by atoms with Crippen molar-refractivity contribution in [3.8, 4) is 5.75 Å². The van der Waals surface area contributed by atoms with E-state index in [0.29, 0.717) is 29.3 Å². The number of benzene rings is 3. The van der Waals surface area contributed by atoms with Crippen LogP contribution >= 0.6 is 0 Å². The van der Waals surface area contributed by atoms with E-state index in [0.717, 1.165) is 42.0 Å². The molecule has 1 aromatic heterocycles. The van der Waals surface area contributed by atoms with E-state index < -0.39 is 0 Å². The van der Waals surface area contributed by atoms with Crippen molar-refractivity contribution in [3.63, 3.8) is 0 Å². The lowest BCUT2D eigenvalue weighted by Gasteiger charge is -2.16. The number of hydrogen-bond acceptors (Lipinski definition) is 4. The molecule has 2 amide bonds. The molecule has 3 aromatic carbocycles. The minimum Gasteiger partial charge on any atom is -0.494 e. The topological polar surface area (TPSA) is 80.3 Å². The Morgan fingerprint density at radius 2 is 1.59 bits per heavy atom. The highest BCUT2D eigenvalue weighted by Crippen LogP contribution is 2.23. The average Bonchev–Trinajstić information content (AvgIpc) is 2.93. The van der Waals surface area contributed by atoms with Gasteiger partial charge in [-0.1, -0.05) is 68.7 Å². The predicted molar refractivity (Wildman–Crippen MR) is 148 cm³/mol. The number of fused-ring (bicyclic) bond motifs is 1. The Balaban J connectivity index is 1.53. The Labute approximate surface area is 218 Å². The molecule has 0 aliphatic carbocycles. The van der Waals surface area contributed by atoms with Crippen LogP contribution < -0.4 is 15.4 Å². The molecule has 6 nitrogen and oxygen atoms in total. The second-order valence-corrected chi connectivity index (χ2v) is 9.13. The number of aromatic nitrogens is 1. The molecular weight excluding hydrogens is 462 g/mol. The van der Waals surface area contributed by atoms with E-state index >= 15 is 0 Å². The van der Waals surface area contributed by atoms with Crippen LogP contribution in [0.1, 0.15) is 71.9 Å². The van der Waals surface area contributed by atoms with Crippen molar-refractivity contribution in [2.45, 2.75) is 45.6 Å². The Hall–Kier alpha value is -4.19. The Morgan fingerprint density at radius 3 is 2.35 bits per heavy atom. The highest BCUT2D eigenvalue weighted by molar-refractivity contribution is 6.06. The summed E-state index contributed by atoms with van der Waals surface area (Å²) in [6, 6.07) is 24.3. The standard InChI is InChI=1S/C31H33N3O3/c1-3-4-5-10-17-37-28-20-26(19-27(21-28)31(36)34-29-13-8-9-16-32-29)30(35)33-22(2)24-15-14-23-11-6-7-12-25(23)18-24/h6-9,11-16,18-22H,3-5,10,17H2,1-2H3,(H,33,35)(H,32,34,36)/t22-/m1/s1. The van der Waals surface area contributed by atoms with Crippen LogP contribution in [0.5, 0.6) is 5.75 Å². The van der Waals surface area contributed by atoms with Crippen LogP contribution in [0.2, 0.25) is 0 Å². The molecule has 0 fully saturated rings. The van der Waals surface area contributed by atoms with Crippen molar-refractivity contribution in [2.24, 2.45) is 0 Å². The average molecular weight is 496 g/mol. The predicted octanol–water partition coefficient (Wildman–Crippen LogP) is 6.94. The van der Waals surface area contributed by atoms with Crippen LogP contribution in [0.15, 0.2) is 85.1 Å². The van der Waals surface area contributed by atoms with Crippen LogP contribution in [-0.4, -0.2) is 23.4 Å². The van der Waals surface area contributed by atoms with Crippen molar-refractivity contribution in [3.05, 3.63) is 102 Å². The summed E-state index contributed by atoms with van der Waals surface area (Å²) in [5, 5.41) is 8.12. The van der Waals surface area contributed by atoms with E-state index in [1.54, 1.807) is 42.6 Å². The van der Waals surface area contributed by atoms with Gasteiger partial charge in [-0.3, -0.25) is 9.59 Å². The summed E-state index contributed by atoms with van der Waals surface area (Å²) in [5.74, 6) is 0.304. The van der Waals surface area contributed by atoms with Gasteiger partial charge in [0.15, 0.2) is 0 Å². The van der Waals surface area contributed by atoms with Crippen LogP contribution in [0, 0.1) is 0 Å². The van der Waals surface area contributed by atoms with Gasteiger partial charge < -0.3 is 15.4 Å². The molecule has 6 heteroatoms. The van der Waals surface area contributed by atoms with Gasteiger partial charge in [0.25, 0.3) is 11.8 Å². The lowest BCUT2D eigenvalue weighted by Crippen LogP contribution is -2.27. The van der Waals surface area contributed by atoms with Gasteiger partial charge in [0.1, 0.15) is 11.6 Å². The van der Waals surface area contributed by atoms with Gasteiger partial charge in [-0.05, 0) is 66.1 Å². The molecule has 0 spiro atoms. The first-order chi connectivity index (χ1) is 18.0. The van der Waals surface area contributed by atoms with E-state index in [4.69, 9.17) is 4.74 Å². The van der Waals surface area contributed by atoms with Gasteiger partial charge in [-0.25, -0.2) is 4.98 Å². The number of unbranched alkanes of at least 4 members (excludes halogenated alkanes) is 3. The van der Waals surface area contributed by atoms with Crippen molar-refractivity contribution in [2.75, 3.05) is 11.9 Å². The lowest BCUT2D eigenvalue weighted by atomic mass is 10.0. The molecule has 0 radical (unpaired) electrons. The maximum atomic E-state index is 13.3. The zero-order valence-corrected chi connectivity index (χ0v) is 21.4. The number of carbonyl (C=O) groups excluding carboxylic acids is 2. The summed E-state index contributed by atoms with van der Waals surface area (Å²) in [7, 11) is 0. The molecule has 4 aromatic rings. The van der Waals surface area contributed by atoms with Gasteiger partial charge in [0, 0.05) is 17.3 Å². The molecule has 190 valence electrons. The second-order valence-electron chi connectivity index (χ2n) is 9.13. The molecule has 37 heavy (non-hydrogen) atoms. The van der Waals surface area contributed by atoms with Crippen molar-refractivity contribution < 1.29 is 14.3 Å². The zero-order valence-electron chi connectivity index (χ0n) is 21.4.